The Morgan fingerprint density at radius 3 is 2.36 bits per heavy atom. The Hall–Kier alpha value is -0.120. The molecule has 0 aromatic carbocycles. The van der Waals surface area contributed by atoms with Gasteiger partial charge in [0.1, 0.15) is 0 Å². The summed E-state index contributed by atoms with van der Waals surface area (Å²) in [5.41, 5.74) is -0.131. The van der Waals surface area contributed by atoms with Gasteiger partial charge in [-0.05, 0) is 40.4 Å². The molecule has 0 rings (SSSR count). The molecule has 0 saturated heterocycles. The van der Waals surface area contributed by atoms with Crippen molar-refractivity contribution in [2.75, 3.05) is 26.7 Å². The lowest BCUT2D eigenvalue weighted by Gasteiger charge is -2.23. The van der Waals surface area contributed by atoms with E-state index in [9.17, 15) is 0 Å². The topological polar surface area (TPSA) is 44.3 Å². The van der Waals surface area contributed by atoms with E-state index in [1.54, 1.807) is 0 Å². The van der Waals surface area contributed by atoms with Crippen LogP contribution in [0.5, 0.6) is 0 Å². The van der Waals surface area contributed by atoms with Crippen LogP contribution in [0.25, 0.3) is 0 Å². The van der Waals surface area contributed by atoms with Gasteiger partial charge in [-0.25, -0.2) is 0 Å². The minimum Gasteiger partial charge on any atom is -0.394 e. The summed E-state index contributed by atoms with van der Waals surface area (Å²) in [5, 5.41) is 15.2. The van der Waals surface area contributed by atoms with Crippen molar-refractivity contribution in [1.82, 2.24) is 10.6 Å². The summed E-state index contributed by atoms with van der Waals surface area (Å²) in [5.74, 6) is 0. The molecule has 68 valence electrons. The zero-order valence-corrected chi connectivity index (χ0v) is 7.78. The first kappa shape index (κ1) is 10.9. The zero-order chi connectivity index (χ0) is 8.74. The van der Waals surface area contributed by atoms with Crippen molar-refractivity contribution in [2.24, 2.45) is 0 Å². The molecule has 0 atom stereocenters. The summed E-state index contributed by atoms with van der Waals surface area (Å²) in [6, 6.07) is 0. The second-order valence-electron chi connectivity index (χ2n) is 3.43. The van der Waals surface area contributed by atoms with Crippen molar-refractivity contribution in [3.8, 4) is 0 Å². The maximum atomic E-state index is 8.87. The lowest BCUT2D eigenvalue weighted by molar-refractivity contribution is 0.188. The standard InChI is InChI=1S/C8H20N2O/c1-8(2,7-11)10-6-4-5-9-3/h9-11H,4-7H2,1-3H3. The number of rotatable bonds is 6. The van der Waals surface area contributed by atoms with Gasteiger partial charge in [0, 0.05) is 5.54 Å². The minimum atomic E-state index is -0.131. The number of nitrogens with one attached hydrogen (secondary N) is 2. The van der Waals surface area contributed by atoms with Crippen LogP contribution in [0.2, 0.25) is 0 Å². The van der Waals surface area contributed by atoms with Crippen LogP contribution in [0.15, 0.2) is 0 Å². The Kier molecular flexibility index (Phi) is 5.46. The van der Waals surface area contributed by atoms with Crippen LogP contribution in [-0.2, 0) is 0 Å². The van der Waals surface area contributed by atoms with Crippen LogP contribution in [0.4, 0.5) is 0 Å². The first-order chi connectivity index (χ1) is 5.12. The maximum absolute atomic E-state index is 8.87. The van der Waals surface area contributed by atoms with Crippen molar-refractivity contribution >= 4 is 0 Å². The first-order valence-electron chi connectivity index (χ1n) is 4.13. The average Bonchev–Trinajstić information content (AvgIpc) is 1.99. The van der Waals surface area contributed by atoms with Crippen molar-refractivity contribution in [3.63, 3.8) is 0 Å². The van der Waals surface area contributed by atoms with E-state index in [1.807, 2.05) is 20.9 Å². The molecule has 0 amide bonds. The van der Waals surface area contributed by atoms with Crippen LogP contribution < -0.4 is 10.6 Å². The van der Waals surface area contributed by atoms with Crippen LogP contribution in [-0.4, -0.2) is 37.4 Å². The van der Waals surface area contributed by atoms with Crippen LogP contribution in [0, 0.1) is 0 Å². The van der Waals surface area contributed by atoms with E-state index in [-0.39, 0.29) is 12.1 Å². The smallest absolute Gasteiger partial charge is 0.0607 e. The fourth-order valence-corrected chi connectivity index (χ4v) is 0.748. The molecule has 0 radical (unpaired) electrons. The highest BCUT2D eigenvalue weighted by Gasteiger charge is 2.13. The Labute approximate surface area is 69.2 Å². The average molecular weight is 160 g/mol. The van der Waals surface area contributed by atoms with Gasteiger partial charge in [-0.2, -0.15) is 0 Å². The van der Waals surface area contributed by atoms with E-state index in [4.69, 9.17) is 5.11 Å². The molecule has 0 unspecified atom stereocenters. The van der Waals surface area contributed by atoms with E-state index < -0.39 is 0 Å². The predicted octanol–water partition coefficient (Wildman–Crippen LogP) is -0.0436. The summed E-state index contributed by atoms with van der Waals surface area (Å²) in [4.78, 5) is 0. The van der Waals surface area contributed by atoms with E-state index in [1.165, 1.54) is 0 Å². The molecule has 0 aliphatic rings. The molecule has 0 aliphatic carbocycles. The molecule has 0 aliphatic heterocycles. The molecule has 3 N–H and O–H groups in total. The second-order valence-corrected chi connectivity index (χ2v) is 3.43. The highest BCUT2D eigenvalue weighted by molar-refractivity contribution is 4.75. The van der Waals surface area contributed by atoms with E-state index in [0.29, 0.717) is 0 Å². The SMILES string of the molecule is CNCCCNC(C)(C)CO. The van der Waals surface area contributed by atoms with Gasteiger partial charge in [0.05, 0.1) is 6.61 Å². The quantitative estimate of drug-likeness (QED) is 0.478. The van der Waals surface area contributed by atoms with Crippen molar-refractivity contribution < 1.29 is 5.11 Å². The fourth-order valence-electron chi connectivity index (χ4n) is 0.748. The van der Waals surface area contributed by atoms with Crippen LogP contribution in [0.1, 0.15) is 20.3 Å². The molecular weight excluding hydrogens is 140 g/mol. The summed E-state index contributed by atoms with van der Waals surface area (Å²) in [6.45, 7) is 6.15. The van der Waals surface area contributed by atoms with Crippen molar-refractivity contribution in [2.45, 2.75) is 25.8 Å². The van der Waals surface area contributed by atoms with Crippen LogP contribution >= 0.6 is 0 Å². The third-order valence-corrected chi connectivity index (χ3v) is 1.60. The number of hydrogen-bond acceptors (Lipinski definition) is 3. The number of hydrogen-bond donors (Lipinski definition) is 3. The van der Waals surface area contributed by atoms with Gasteiger partial charge in [-0.1, -0.05) is 0 Å². The Balaban J connectivity index is 3.23. The first-order valence-corrected chi connectivity index (χ1v) is 4.13. The molecule has 0 heterocycles. The van der Waals surface area contributed by atoms with Gasteiger partial charge in [-0.3, -0.25) is 0 Å². The molecule has 0 fully saturated rings. The minimum absolute atomic E-state index is 0.131. The van der Waals surface area contributed by atoms with Gasteiger partial charge in [0.15, 0.2) is 0 Å². The largest absolute Gasteiger partial charge is 0.394 e. The lowest BCUT2D eigenvalue weighted by Crippen LogP contribution is -2.43. The summed E-state index contributed by atoms with van der Waals surface area (Å²) in [7, 11) is 1.94. The van der Waals surface area contributed by atoms with Crippen molar-refractivity contribution in [1.29, 1.82) is 0 Å². The number of aliphatic hydroxyl groups is 1. The summed E-state index contributed by atoms with van der Waals surface area (Å²) >= 11 is 0. The monoisotopic (exact) mass is 160 g/mol. The number of aliphatic hydroxyl groups excluding tert-OH is 1. The summed E-state index contributed by atoms with van der Waals surface area (Å²) in [6.07, 6.45) is 1.10. The predicted molar refractivity (Wildman–Crippen MR) is 47.7 cm³/mol. The summed E-state index contributed by atoms with van der Waals surface area (Å²) < 4.78 is 0. The van der Waals surface area contributed by atoms with Gasteiger partial charge < -0.3 is 15.7 Å². The molecule has 0 bridgehead atoms. The fraction of sp³-hybridized carbons (Fsp3) is 1.00. The molecular formula is C8H20N2O. The van der Waals surface area contributed by atoms with E-state index in [2.05, 4.69) is 10.6 Å². The molecule has 0 aromatic heterocycles. The van der Waals surface area contributed by atoms with Gasteiger partial charge in [0.25, 0.3) is 0 Å². The normalized spacial score (nSPS) is 12.0. The van der Waals surface area contributed by atoms with Crippen molar-refractivity contribution in [3.05, 3.63) is 0 Å². The second kappa shape index (κ2) is 5.52. The Morgan fingerprint density at radius 1 is 1.27 bits per heavy atom. The molecule has 0 saturated carbocycles. The van der Waals surface area contributed by atoms with Gasteiger partial charge >= 0.3 is 0 Å². The Morgan fingerprint density at radius 2 is 1.91 bits per heavy atom. The van der Waals surface area contributed by atoms with Crippen LogP contribution in [0.3, 0.4) is 0 Å². The molecule has 3 nitrogen and oxygen atoms in total. The molecule has 0 aromatic rings. The highest BCUT2D eigenvalue weighted by Crippen LogP contribution is 1.98. The third-order valence-electron chi connectivity index (χ3n) is 1.60. The third kappa shape index (κ3) is 6.28. The molecule has 3 heteroatoms. The maximum Gasteiger partial charge on any atom is 0.0607 e. The zero-order valence-electron chi connectivity index (χ0n) is 7.78. The molecule has 0 spiro atoms. The Bertz CT molecular complexity index is 94.1. The highest BCUT2D eigenvalue weighted by atomic mass is 16.3. The van der Waals surface area contributed by atoms with E-state index >= 15 is 0 Å². The lowest BCUT2D eigenvalue weighted by atomic mass is 10.1. The molecule has 11 heavy (non-hydrogen) atoms. The van der Waals surface area contributed by atoms with Gasteiger partial charge in [-0.15, -0.1) is 0 Å². The van der Waals surface area contributed by atoms with Gasteiger partial charge in [0.2, 0.25) is 0 Å². The van der Waals surface area contributed by atoms with E-state index in [0.717, 1.165) is 19.5 Å².